The fourth-order valence-electron chi connectivity index (χ4n) is 1.74. The van der Waals surface area contributed by atoms with Crippen LogP contribution in [-0.2, 0) is 13.2 Å². The Hall–Kier alpha value is -2.01. The maximum absolute atomic E-state index is 13.0. The van der Waals surface area contributed by atoms with Gasteiger partial charge in [0.2, 0.25) is 0 Å². The highest BCUT2D eigenvalue weighted by molar-refractivity contribution is 5.51. The van der Waals surface area contributed by atoms with Crippen LogP contribution in [0.5, 0.6) is 0 Å². The second-order valence-electron chi connectivity index (χ2n) is 4.04. The van der Waals surface area contributed by atoms with Crippen molar-refractivity contribution in [1.82, 2.24) is 0 Å². The molecule has 0 heterocycles. The zero-order chi connectivity index (χ0) is 13.8. The first kappa shape index (κ1) is 13.4. The first-order valence-corrected chi connectivity index (χ1v) is 5.68. The van der Waals surface area contributed by atoms with E-state index in [1.54, 1.807) is 24.3 Å². The van der Waals surface area contributed by atoms with Gasteiger partial charge in [0.15, 0.2) is 17.5 Å². The molecule has 19 heavy (non-hydrogen) atoms. The van der Waals surface area contributed by atoms with E-state index < -0.39 is 17.5 Å². The van der Waals surface area contributed by atoms with Gasteiger partial charge in [-0.2, -0.15) is 0 Å². The summed E-state index contributed by atoms with van der Waals surface area (Å²) in [7, 11) is 0. The molecule has 0 saturated heterocycles. The van der Waals surface area contributed by atoms with Gasteiger partial charge in [-0.25, -0.2) is 13.2 Å². The lowest BCUT2D eigenvalue weighted by atomic mass is 10.1. The van der Waals surface area contributed by atoms with Crippen molar-refractivity contribution in [2.45, 2.75) is 13.2 Å². The predicted molar refractivity (Wildman–Crippen MR) is 66.0 cm³/mol. The summed E-state index contributed by atoms with van der Waals surface area (Å²) in [4.78, 5) is 0. The summed E-state index contributed by atoms with van der Waals surface area (Å²) in [6, 6.07) is 8.89. The molecule has 100 valence electrons. The third-order valence-corrected chi connectivity index (χ3v) is 2.71. The van der Waals surface area contributed by atoms with Crippen LogP contribution < -0.4 is 5.32 Å². The molecule has 0 aromatic heterocycles. The third-order valence-electron chi connectivity index (χ3n) is 2.71. The molecule has 0 atom stereocenters. The summed E-state index contributed by atoms with van der Waals surface area (Å²) >= 11 is 0. The molecule has 0 bridgehead atoms. The van der Waals surface area contributed by atoms with Crippen LogP contribution >= 0.6 is 0 Å². The third kappa shape index (κ3) is 3.06. The molecule has 0 radical (unpaired) electrons. The van der Waals surface area contributed by atoms with Crippen molar-refractivity contribution in [3.05, 3.63) is 65.0 Å². The highest BCUT2D eigenvalue weighted by Crippen LogP contribution is 2.18. The van der Waals surface area contributed by atoms with Crippen LogP contribution in [0, 0.1) is 17.5 Å². The van der Waals surface area contributed by atoms with Crippen molar-refractivity contribution in [3.63, 3.8) is 0 Å². The number of anilines is 1. The van der Waals surface area contributed by atoms with Gasteiger partial charge in [0.25, 0.3) is 0 Å². The van der Waals surface area contributed by atoms with Crippen LogP contribution in [0.3, 0.4) is 0 Å². The van der Waals surface area contributed by atoms with Gasteiger partial charge >= 0.3 is 0 Å². The second kappa shape index (κ2) is 5.75. The van der Waals surface area contributed by atoms with Gasteiger partial charge in [-0.3, -0.25) is 0 Å². The Labute approximate surface area is 108 Å². The Morgan fingerprint density at radius 3 is 2.26 bits per heavy atom. The van der Waals surface area contributed by atoms with Crippen molar-refractivity contribution in [3.8, 4) is 0 Å². The minimum atomic E-state index is -1.47. The Morgan fingerprint density at radius 2 is 1.63 bits per heavy atom. The summed E-state index contributed by atoms with van der Waals surface area (Å²) in [6.07, 6.45) is 0. The topological polar surface area (TPSA) is 32.3 Å². The summed E-state index contributed by atoms with van der Waals surface area (Å²) in [5.74, 6) is -3.90. The first-order valence-electron chi connectivity index (χ1n) is 5.68. The summed E-state index contributed by atoms with van der Waals surface area (Å²) < 4.78 is 38.8. The molecule has 2 nitrogen and oxygen atoms in total. The number of benzene rings is 2. The number of rotatable bonds is 4. The highest BCUT2D eigenvalue weighted by atomic mass is 19.2. The number of halogens is 3. The summed E-state index contributed by atoms with van der Waals surface area (Å²) in [5, 5.41) is 12.1. The van der Waals surface area contributed by atoms with E-state index in [0.717, 1.165) is 12.1 Å². The minimum absolute atomic E-state index is 0.130. The van der Waals surface area contributed by atoms with Crippen molar-refractivity contribution < 1.29 is 18.3 Å². The SMILES string of the molecule is OCc1ccccc1NCc1cc(F)c(F)c(F)c1. The molecule has 0 aliphatic carbocycles. The lowest BCUT2D eigenvalue weighted by Gasteiger charge is -2.10. The molecule has 2 rings (SSSR count). The zero-order valence-electron chi connectivity index (χ0n) is 9.96. The second-order valence-corrected chi connectivity index (χ2v) is 4.04. The van der Waals surface area contributed by atoms with Crippen LogP contribution in [0.2, 0.25) is 0 Å². The Kier molecular flexibility index (Phi) is 4.06. The van der Waals surface area contributed by atoms with Crippen molar-refractivity contribution in [1.29, 1.82) is 0 Å². The first-order chi connectivity index (χ1) is 9.11. The average molecular weight is 267 g/mol. The van der Waals surface area contributed by atoms with E-state index in [9.17, 15) is 13.2 Å². The van der Waals surface area contributed by atoms with E-state index in [2.05, 4.69) is 5.32 Å². The molecular weight excluding hydrogens is 255 g/mol. The molecule has 0 unspecified atom stereocenters. The minimum Gasteiger partial charge on any atom is -0.392 e. The number of nitrogens with one attached hydrogen (secondary N) is 1. The average Bonchev–Trinajstić information content (AvgIpc) is 2.42. The molecular formula is C14H12F3NO. The normalized spacial score (nSPS) is 10.5. The van der Waals surface area contributed by atoms with Gasteiger partial charge in [-0.1, -0.05) is 18.2 Å². The van der Waals surface area contributed by atoms with Crippen molar-refractivity contribution in [2.75, 3.05) is 5.32 Å². The predicted octanol–water partition coefficient (Wildman–Crippen LogP) is 3.21. The molecule has 2 aromatic rings. The lowest BCUT2D eigenvalue weighted by Crippen LogP contribution is -2.04. The van der Waals surface area contributed by atoms with Gasteiger partial charge in [0.1, 0.15) is 0 Å². The fourth-order valence-corrected chi connectivity index (χ4v) is 1.74. The maximum Gasteiger partial charge on any atom is 0.194 e. The number of hydrogen-bond acceptors (Lipinski definition) is 2. The van der Waals surface area contributed by atoms with E-state index in [0.29, 0.717) is 11.3 Å². The van der Waals surface area contributed by atoms with E-state index in [1.165, 1.54) is 0 Å². The van der Waals surface area contributed by atoms with Crippen LogP contribution in [0.15, 0.2) is 36.4 Å². The molecule has 0 amide bonds. The monoisotopic (exact) mass is 267 g/mol. The van der Waals surface area contributed by atoms with Crippen LogP contribution in [0.1, 0.15) is 11.1 Å². The highest BCUT2D eigenvalue weighted by Gasteiger charge is 2.10. The summed E-state index contributed by atoms with van der Waals surface area (Å²) in [5.41, 5.74) is 1.62. The quantitative estimate of drug-likeness (QED) is 0.834. The Balaban J connectivity index is 2.15. The van der Waals surface area contributed by atoms with Gasteiger partial charge in [-0.05, 0) is 23.8 Å². The van der Waals surface area contributed by atoms with Gasteiger partial charge in [0.05, 0.1) is 6.61 Å². The number of para-hydroxylation sites is 1. The Bertz CT molecular complexity index is 564. The molecule has 0 aliphatic heterocycles. The van der Waals surface area contributed by atoms with E-state index in [4.69, 9.17) is 5.11 Å². The zero-order valence-corrected chi connectivity index (χ0v) is 9.96. The number of aliphatic hydroxyl groups is 1. The van der Waals surface area contributed by atoms with Gasteiger partial charge < -0.3 is 10.4 Å². The Morgan fingerprint density at radius 1 is 1.00 bits per heavy atom. The van der Waals surface area contributed by atoms with E-state index in [-0.39, 0.29) is 18.7 Å². The molecule has 0 spiro atoms. The van der Waals surface area contributed by atoms with Crippen molar-refractivity contribution in [2.24, 2.45) is 0 Å². The molecule has 0 fully saturated rings. The molecule has 0 aliphatic rings. The number of hydrogen-bond donors (Lipinski definition) is 2. The van der Waals surface area contributed by atoms with Crippen LogP contribution in [-0.4, -0.2) is 5.11 Å². The van der Waals surface area contributed by atoms with E-state index in [1.807, 2.05) is 0 Å². The molecule has 5 heteroatoms. The molecule has 0 saturated carbocycles. The molecule has 2 N–H and O–H groups in total. The molecule has 2 aromatic carbocycles. The van der Waals surface area contributed by atoms with Crippen LogP contribution in [0.4, 0.5) is 18.9 Å². The van der Waals surface area contributed by atoms with Gasteiger partial charge in [0, 0.05) is 17.8 Å². The largest absolute Gasteiger partial charge is 0.392 e. The lowest BCUT2D eigenvalue weighted by molar-refractivity contribution is 0.282. The standard InChI is InChI=1S/C14H12F3NO/c15-11-5-9(6-12(16)14(11)17)7-18-13-4-2-1-3-10(13)8-19/h1-6,18-19H,7-8H2. The smallest absolute Gasteiger partial charge is 0.194 e. The number of aliphatic hydroxyl groups excluding tert-OH is 1. The van der Waals surface area contributed by atoms with E-state index >= 15 is 0 Å². The summed E-state index contributed by atoms with van der Waals surface area (Å²) in [6.45, 7) is -0.0134. The van der Waals surface area contributed by atoms with Gasteiger partial charge in [-0.15, -0.1) is 0 Å². The van der Waals surface area contributed by atoms with Crippen LogP contribution in [0.25, 0.3) is 0 Å². The fraction of sp³-hybridized carbons (Fsp3) is 0.143. The van der Waals surface area contributed by atoms with Crippen molar-refractivity contribution >= 4 is 5.69 Å². The maximum atomic E-state index is 13.0.